The minimum absolute atomic E-state index is 0.377. The molecule has 0 amide bonds. The quantitative estimate of drug-likeness (QED) is 0.635. The smallest absolute Gasteiger partial charge is 0.399 e. The number of aldehydes is 1. The van der Waals surface area contributed by atoms with Gasteiger partial charge in [-0.3, -0.25) is 4.79 Å². The molecule has 124 valence electrons. The Balaban J connectivity index is 1.86. The maximum Gasteiger partial charge on any atom is 0.494 e. The van der Waals surface area contributed by atoms with Gasteiger partial charge in [0.1, 0.15) is 6.29 Å². The molecule has 2 fully saturated rings. The molecule has 1 aromatic rings. The summed E-state index contributed by atoms with van der Waals surface area (Å²) in [7, 11) is -0.428. The van der Waals surface area contributed by atoms with E-state index < -0.39 is 7.12 Å². The fourth-order valence-electron chi connectivity index (χ4n) is 3.20. The Kier molecular flexibility index (Phi) is 4.38. The maximum atomic E-state index is 11.6. The Morgan fingerprint density at radius 1 is 1.09 bits per heavy atom. The monoisotopic (exact) mass is 316 g/mol. The zero-order valence-corrected chi connectivity index (χ0v) is 14.4. The Bertz CT molecular complexity index is 575. The van der Waals surface area contributed by atoms with Crippen molar-refractivity contribution in [3.05, 3.63) is 29.3 Å². The molecule has 5 heteroatoms. The Hall–Kier alpha value is -1.17. The normalized spacial score (nSPS) is 23.9. The first kappa shape index (κ1) is 16.7. The van der Waals surface area contributed by atoms with E-state index >= 15 is 0 Å². The number of hydrogen-bond acceptors (Lipinski definition) is 4. The van der Waals surface area contributed by atoms with E-state index in [2.05, 4.69) is 6.07 Å². The first-order valence-corrected chi connectivity index (χ1v) is 8.36. The van der Waals surface area contributed by atoms with Gasteiger partial charge in [0.05, 0.1) is 11.2 Å². The van der Waals surface area contributed by atoms with Crippen LogP contribution in [0.4, 0.5) is 0 Å². The first-order chi connectivity index (χ1) is 10.8. The van der Waals surface area contributed by atoms with Crippen LogP contribution in [0.25, 0.3) is 0 Å². The van der Waals surface area contributed by atoms with Crippen molar-refractivity contribution < 1.29 is 18.8 Å². The van der Waals surface area contributed by atoms with Crippen LogP contribution in [0.2, 0.25) is 0 Å². The highest BCUT2D eigenvalue weighted by atomic mass is 16.7. The van der Waals surface area contributed by atoms with Gasteiger partial charge >= 0.3 is 7.12 Å². The molecule has 0 aromatic heterocycles. The van der Waals surface area contributed by atoms with Crippen molar-refractivity contribution in [1.29, 1.82) is 0 Å². The lowest BCUT2D eigenvalue weighted by molar-refractivity contribution is 0.00578. The lowest BCUT2D eigenvalue weighted by atomic mass is 9.76. The predicted molar refractivity (Wildman–Crippen MR) is 90.3 cm³/mol. The van der Waals surface area contributed by atoms with Crippen molar-refractivity contribution in [3.63, 3.8) is 0 Å². The highest BCUT2D eigenvalue weighted by Gasteiger charge is 2.51. The molecule has 0 spiro atoms. The SMILES string of the molecule is CC1(C)OB(c2ccc(C3CCOCC3)c(C=O)c2)OC1(C)C. The van der Waals surface area contributed by atoms with Gasteiger partial charge in [0.15, 0.2) is 0 Å². The van der Waals surface area contributed by atoms with E-state index in [1.54, 1.807) is 0 Å². The van der Waals surface area contributed by atoms with E-state index in [-0.39, 0.29) is 11.2 Å². The van der Waals surface area contributed by atoms with E-state index in [1.165, 1.54) is 0 Å². The largest absolute Gasteiger partial charge is 0.494 e. The molecule has 3 rings (SSSR count). The van der Waals surface area contributed by atoms with Crippen LogP contribution in [0.15, 0.2) is 18.2 Å². The molecule has 0 saturated carbocycles. The van der Waals surface area contributed by atoms with Crippen LogP contribution in [0.1, 0.15) is 62.4 Å². The number of hydrogen-bond donors (Lipinski definition) is 0. The highest BCUT2D eigenvalue weighted by molar-refractivity contribution is 6.62. The topological polar surface area (TPSA) is 44.8 Å². The third-order valence-corrected chi connectivity index (χ3v) is 5.42. The summed E-state index contributed by atoms with van der Waals surface area (Å²) in [6.45, 7) is 9.66. The van der Waals surface area contributed by atoms with Crippen molar-refractivity contribution in [2.75, 3.05) is 13.2 Å². The van der Waals surface area contributed by atoms with Gasteiger partial charge in [-0.1, -0.05) is 18.2 Å². The Morgan fingerprint density at radius 3 is 2.26 bits per heavy atom. The molecule has 4 nitrogen and oxygen atoms in total. The number of rotatable bonds is 3. The molecular formula is C18H25BO4. The van der Waals surface area contributed by atoms with Crippen molar-refractivity contribution in [2.45, 2.75) is 57.7 Å². The lowest BCUT2D eigenvalue weighted by Gasteiger charge is -2.32. The van der Waals surface area contributed by atoms with Gasteiger partial charge < -0.3 is 14.0 Å². The Morgan fingerprint density at radius 2 is 1.70 bits per heavy atom. The molecule has 0 unspecified atom stereocenters. The highest BCUT2D eigenvalue weighted by Crippen LogP contribution is 2.37. The summed E-state index contributed by atoms with van der Waals surface area (Å²) in [5.74, 6) is 0.399. The third kappa shape index (κ3) is 3.10. The fraction of sp³-hybridized carbons (Fsp3) is 0.611. The molecule has 0 N–H and O–H groups in total. The van der Waals surface area contributed by atoms with E-state index in [0.29, 0.717) is 5.92 Å². The molecule has 0 atom stereocenters. The van der Waals surface area contributed by atoms with Crippen LogP contribution in [0, 0.1) is 0 Å². The molecule has 1 aromatic carbocycles. The van der Waals surface area contributed by atoms with Crippen LogP contribution >= 0.6 is 0 Å². The van der Waals surface area contributed by atoms with Gasteiger partial charge in [0, 0.05) is 18.8 Å². The predicted octanol–water partition coefficient (Wildman–Crippen LogP) is 2.69. The minimum atomic E-state index is -0.428. The standard InChI is InChI=1S/C18H25BO4/c1-17(2)18(3,4)23-19(22-17)15-5-6-16(14(11-15)12-20)13-7-9-21-10-8-13/h5-6,11-13H,7-10H2,1-4H3. The third-order valence-electron chi connectivity index (χ3n) is 5.42. The second-order valence-electron chi connectivity index (χ2n) is 7.48. The van der Waals surface area contributed by atoms with E-state index in [1.807, 2.05) is 39.8 Å². The van der Waals surface area contributed by atoms with Crippen molar-refractivity contribution >= 4 is 18.9 Å². The van der Waals surface area contributed by atoms with E-state index in [0.717, 1.165) is 48.9 Å². The minimum Gasteiger partial charge on any atom is -0.399 e. The molecule has 0 radical (unpaired) electrons. The summed E-state index contributed by atoms with van der Waals surface area (Å²) < 4.78 is 17.6. The second-order valence-corrected chi connectivity index (χ2v) is 7.48. The molecule has 2 aliphatic heterocycles. The van der Waals surface area contributed by atoms with Crippen LogP contribution < -0.4 is 5.46 Å². The van der Waals surface area contributed by atoms with Crippen LogP contribution in [-0.2, 0) is 14.0 Å². The van der Waals surface area contributed by atoms with Crippen molar-refractivity contribution in [2.24, 2.45) is 0 Å². The molecule has 23 heavy (non-hydrogen) atoms. The molecule has 2 saturated heterocycles. The fourth-order valence-corrected chi connectivity index (χ4v) is 3.20. The second kappa shape index (κ2) is 6.04. The number of benzene rings is 1. The lowest BCUT2D eigenvalue weighted by Crippen LogP contribution is -2.41. The van der Waals surface area contributed by atoms with Gasteiger partial charge in [0.2, 0.25) is 0 Å². The summed E-state index contributed by atoms with van der Waals surface area (Å²) in [6.07, 6.45) is 2.88. The van der Waals surface area contributed by atoms with Crippen LogP contribution in [0.5, 0.6) is 0 Å². The number of ether oxygens (including phenoxy) is 1. The van der Waals surface area contributed by atoms with Gasteiger partial charge in [-0.15, -0.1) is 0 Å². The Labute approximate surface area is 138 Å². The number of carbonyl (C=O) groups is 1. The molecule has 0 bridgehead atoms. The zero-order valence-electron chi connectivity index (χ0n) is 14.4. The van der Waals surface area contributed by atoms with Crippen molar-refractivity contribution in [3.8, 4) is 0 Å². The summed E-state index contributed by atoms with van der Waals surface area (Å²) in [5, 5.41) is 0. The summed E-state index contributed by atoms with van der Waals surface area (Å²) in [4.78, 5) is 11.6. The summed E-state index contributed by atoms with van der Waals surface area (Å²) >= 11 is 0. The van der Waals surface area contributed by atoms with E-state index in [9.17, 15) is 4.79 Å². The maximum absolute atomic E-state index is 11.6. The average Bonchev–Trinajstić information content (AvgIpc) is 2.75. The van der Waals surface area contributed by atoms with Gasteiger partial charge in [-0.25, -0.2) is 0 Å². The van der Waals surface area contributed by atoms with Crippen LogP contribution in [0.3, 0.4) is 0 Å². The molecule has 2 aliphatic rings. The zero-order chi connectivity index (χ0) is 16.7. The van der Waals surface area contributed by atoms with Crippen LogP contribution in [-0.4, -0.2) is 37.8 Å². The number of carbonyl (C=O) groups excluding carboxylic acids is 1. The first-order valence-electron chi connectivity index (χ1n) is 8.36. The average molecular weight is 316 g/mol. The summed E-state index contributed by atoms with van der Waals surface area (Å²) in [6, 6.07) is 6.00. The van der Waals surface area contributed by atoms with Gasteiger partial charge in [0.25, 0.3) is 0 Å². The molecule has 0 aliphatic carbocycles. The van der Waals surface area contributed by atoms with Gasteiger partial charge in [-0.2, -0.15) is 0 Å². The molecular weight excluding hydrogens is 291 g/mol. The van der Waals surface area contributed by atoms with Crippen molar-refractivity contribution in [1.82, 2.24) is 0 Å². The molecule has 2 heterocycles. The summed E-state index contributed by atoms with van der Waals surface area (Å²) in [5.41, 5.74) is 2.01. The van der Waals surface area contributed by atoms with E-state index in [4.69, 9.17) is 14.0 Å². The van der Waals surface area contributed by atoms with Gasteiger partial charge in [-0.05, 0) is 57.5 Å².